The van der Waals surface area contributed by atoms with Gasteiger partial charge in [0, 0.05) is 30.4 Å². The maximum Gasteiger partial charge on any atom is 0.340 e. The molecule has 0 spiro atoms. The van der Waals surface area contributed by atoms with E-state index in [1.165, 1.54) is 6.92 Å². The Morgan fingerprint density at radius 3 is 2.19 bits per heavy atom. The first-order valence-corrected chi connectivity index (χ1v) is 7.92. The second-order valence-electron chi connectivity index (χ2n) is 5.30. The van der Waals surface area contributed by atoms with E-state index in [-0.39, 0.29) is 22.2 Å². The summed E-state index contributed by atoms with van der Waals surface area (Å²) in [4.78, 5) is 44.8. The first-order valence-electron chi connectivity index (χ1n) is 7.55. The number of hydrogen-bond acceptors (Lipinski definition) is 6. The normalized spacial score (nSPS) is 10.0. The van der Waals surface area contributed by atoms with Gasteiger partial charge in [-0.2, -0.15) is 0 Å². The fourth-order valence-electron chi connectivity index (χ4n) is 2.03. The molecule has 2 amide bonds. The van der Waals surface area contributed by atoms with E-state index in [4.69, 9.17) is 16.3 Å². The molecular formula is C17H14ClN3O6. The maximum absolute atomic E-state index is 12.0. The zero-order valence-corrected chi connectivity index (χ0v) is 14.8. The van der Waals surface area contributed by atoms with Crippen LogP contribution in [-0.2, 0) is 14.3 Å². The smallest absolute Gasteiger partial charge is 0.340 e. The molecule has 0 unspecified atom stereocenters. The van der Waals surface area contributed by atoms with Gasteiger partial charge < -0.3 is 15.4 Å². The molecule has 0 aromatic heterocycles. The molecule has 2 aromatic carbocycles. The van der Waals surface area contributed by atoms with Gasteiger partial charge in [-0.25, -0.2) is 4.79 Å². The zero-order chi connectivity index (χ0) is 20.0. The Morgan fingerprint density at radius 2 is 1.67 bits per heavy atom. The van der Waals surface area contributed by atoms with Gasteiger partial charge in [-0.05, 0) is 30.3 Å². The quantitative estimate of drug-likeness (QED) is 0.442. The lowest BCUT2D eigenvalue weighted by Gasteiger charge is -2.08. The van der Waals surface area contributed by atoms with Gasteiger partial charge in [0.25, 0.3) is 11.6 Å². The van der Waals surface area contributed by atoms with Gasteiger partial charge in [0.15, 0.2) is 6.61 Å². The number of carbonyl (C=O) groups excluding carboxylic acids is 3. The van der Waals surface area contributed by atoms with Crippen molar-refractivity contribution < 1.29 is 24.0 Å². The number of non-ortho nitro benzene ring substituents is 1. The van der Waals surface area contributed by atoms with Crippen LogP contribution in [-0.4, -0.2) is 29.3 Å². The van der Waals surface area contributed by atoms with Crippen molar-refractivity contribution in [1.82, 2.24) is 0 Å². The number of hydrogen-bond donors (Lipinski definition) is 2. The number of nitro benzene ring substituents is 1. The minimum Gasteiger partial charge on any atom is -0.452 e. The van der Waals surface area contributed by atoms with E-state index in [1.807, 2.05) is 0 Å². The molecule has 2 rings (SSSR count). The Labute approximate surface area is 158 Å². The van der Waals surface area contributed by atoms with E-state index in [9.17, 15) is 24.5 Å². The number of nitrogens with one attached hydrogen (secondary N) is 2. The summed E-state index contributed by atoms with van der Waals surface area (Å²) in [6, 6.07) is 9.62. The third-order valence-electron chi connectivity index (χ3n) is 3.21. The van der Waals surface area contributed by atoms with E-state index >= 15 is 0 Å². The van der Waals surface area contributed by atoms with E-state index in [0.29, 0.717) is 11.4 Å². The van der Waals surface area contributed by atoms with Crippen molar-refractivity contribution in [2.45, 2.75) is 6.92 Å². The summed E-state index contributed by atoms with van der Waals surface area (Å²) in [6.45, 7) is 0.806. The van der Waals surface area contributed by atoms with E-state index < -0.39 is 23.4 Å². The number of benzene rings is 2. The number of ether oxygens (including phenoxy) is 1. The zero-order valence-electron chi connectivity index (χ0n) is 14.0. The van der Waals surface area contributed by atoms with Gasteiger partial charge in [-0.3, -0.25) is 19.7 Å². The molecule has 0 aliphatic rings. The first-order chi connectivity index (χ1) is 12.8. The summed E-state index contributed by atoms with van der Waals surface area (Å²) in [5.41, 5.74) is 0.657. The lowest BCUT2D eigenvalue weighted by molar-refractivity contribution is -0.384. The highest BCUT2D eigenvalue weighted by Crippen LogP contribution is 2.23. The second kappa shape index (κ2) is 8.77. The average molecular weight is 392 g/mol. The van der Waals surface area contributed by atoms with Crippen molar-refractivity contribution in [1.29, 1.82) is 0 Å². The molecule has 0 radical (unpaired) electrons. The maximum atomic E-state index is 12.0. The summed E-state index contributed by atoms with van der Waals surface area (Å²) in [5.74, 6) is -1.69. The molecule has 140 valence electrons. The van der Waals surface area contributed by atoms with Crippen LogP contribution in [0.5, 0.6) is 0 Å². The average Bonchev–Trinajstić information content (AvgIpc) is 2.60. The van der Waals surface area contributed by atoms with Crippen LogP contribution in [0.15, 0.2) is 42.5 Å². The topological polar surface area (TPSA) is 128 Å². The fraction of sp³-hybridized carbons (Fsp3) is 0.118. The Bertz CT molecular complexity index is 898. The molecule has 0 saturated heterocycles. The second-order valence-corrected chi connectivity index (χ2v) is 5.71. The van der Waals surface area contributed by atoms with Crippen LogP contribution in [0, 0.1) is 10.1 Å². The van der Waals surface area contributed by atoms with Crippen molar-refractivity contribution >= 4 is 46.4 Å². The summed E-state index contributed by atoms with van der Waals surface area (Å²) < 4.78 is 4.86. The highest BCUT2D eigenvalue weighted by Gasteiger charge is 2.17. The van der Waals surface area contributed by atoms with Crippen molar-refractivity contribution in [3.8, 4) is 0 Å². The van der Waals surface area contributed by atoms with Crippen molar-refractivity contribution in [3.05, 3.63) is 63.2 Å². The van der Waals surface area contributed by atoms with Crippen LogP contribution in [0.25, 0.3) is 0 Å². The van der Waals surface area contributed by atoms with Crippen LogP contribution in [0.1, 0.15) is 17.3 Å². The third kappa shape index (κ3) is 5.79. The largest absolute Gasteiger partial charge is 0.452 e. The first kappa shape index (κ1) is 19.9. The molecule has 2 N–H and O–H groups in total. The summed E-state index contributed by atoms with van der Waals surface area (Å²) in [6.07, 6.45) is 0. The highest BCUT2D eigenvalue weighted by atomic mass is 35.5. The lowest BCUT2D eigenvalue weighted by Crippen LogP contribution is -2.21. The number of anilines is 2. The predicted octanol–water partition coefficient (Wildman–Crippen LogP) is 3.00. The van der Waals surface area contributed by atoms with E-state index in [2.05, 4.69) is 10.6 Å². The van der Waals surface area contributed by atoms with Crippen LogP contribution >= 0.6 is 11.6 Å². The van der Waals surface area contributed by atoms with E-state index in [0.717, 1.165) is 18.2 Å². The fourth-order valence-corrected chi connectivity index (χ4v) is 2.28. The molecule has 0 heterocycles. The number of rotatable bonds is 6. The summed E-state index contributed by atoms with van der Waals surface area (Å²) in [5, 5.41) is 15.6. The predicted molar refractivity (Wildman–Crippen MR) is 97.8 cm³/mol. The Hall–Kier alpha value is -3.46. The van der Waals surface area contributed by atoms with Crippen molar-refractivity contribution in [3.63, 3.8) is 0 Å². The Balaban J connectivity index is 1.90. The molecule has 0 aliphatic carbocycles. The molecule has 0 bridgehead atoms. The van der Waals surface area contributed by atoms with Crippen LogP contribution < -0.4 is 10.6 Å². The van der Waals surface area contributed by atoms with Crippen molar-refractivity contribution in [2.24, 2.45) is 0 Å². The molecule has 27 heavy (non-hydrogen) atoms. The molecule has 0 saturated carbocycles. The Kier molecular flexibility index (Phi) is 6.45. The van der Waals surface area contributed by atoms with Gasteiger partial charge in [-0.15, -0.1) is 0 Å². The lowest BCUT2D eigenvalue weighted by atomic mass is 10.2. The molecule has 9 nitrogen and oxygen atoms in total. The highest BCUT2D eigenvalue weighted by molar-refractivity contribution is 6.33. The third-order valence-corrected chi connectivity index (χ3v) is 3.52. The number of nitrogens with zero attached hydrogens (tertiary/aromatic N) is 1. The van der Waals surface area contributed by atoms with Crippen LogP contribution in [0.2, 0.25) is 5.02 Å². The molecule has 0 aliphatic heterocycles. The number of halogens is 1. The summed E-state index contributed by atoms with van der Waals surface area (Å²) in [7, 11) is 0. The number of nitro groups is 1. The molecular weight excluding hydrogens is 378 g/mol. The molecule has 0 atom stereocenters. The van der Waals surface area contributed by atoms with Crippen molar-refractivity contribution in [2.75, 3.05) is 17.2 Å². The van der Waals surface area contributed by atoms with Gasteiger partial charge in [0.05, 0.1) is 15.5 Å². The molecule has 10 heteroatoms. The standard InChI is InChI=1S/C17H14ClN3O6/c1-10(22)19-11-2-4-12(5-3-11)20-16(23)9-27-17(24)14-7-6-13(21(25)26)8-15(14)18/h2-8H,9H2,1H3,(H,19,22)(H,20,23). The van der Waals surface area contributed by atoms with Crippen LogP contribution in [0.4, 0.5) is 17.1 Å². The SMILES string of the molecule is CC(=O)Nc1ccc(NC(=O)COC(=O)c2ccc([N+](=O)[O-])cc2Cl)cc1. The van der Waals surface area contributed by atoms with E-state index in [1.54, 1.807) is 24.3 Å². The van der Waals surface area contributed by atoms with Gasteiger partial charge >= 0.3 is 5.97 Å². The minimum atomic E-state index is -0.883. The minimum absolute atomic E-state index is 0.0882. The van der Waals surface area contributed by atoms with Crippen LogP contribution in [0.3, 0.4) is 0 Å². The van der Waals surface area contributed by atoms with Gasteiger partial charge in [0.1, 0.15) is 0 Å². The monoisotopic (exact) mass is 391 g/mol. The molecule has 2 aromatic rings. The number of carbonyl (C=O) groups is 3. The summed E-state index contributed by atoms with van der Waals surface area (Å²) >= 11 is 5.83. The Morgan fingerprint density at radius 1 is 1.07 bits per heavy atom. The van der Waals surface area contributed by atoms with Gasteiger partial charge in [-0.1, -0.05) is 11.6 Å². The number of esters is 1. The number of amides is 2. The molecule has 0 fully saturated rings. The van der Waals surface area contributed by atoms with Gasteiger partial charge in [0.2, 0.25) is 5.91 Å².